The SMILES string of the molecule is NCC1CCCN1c1nnns1. The summed E-state index contributed by atoms with van der Waals surface area (Å²) in [7, 11) is 0. The van der Waals surface area contributed by atoms with Crippen LogP contribution in [0, 0.1) is 0 Å². The molecule has 1 aromatic rings. The number of nitrogens with zero attached hydrogens (tertiary/aromatic N) is 4. The molecule has 1 fully saturated rings. The van der Waals surface area contributed by atoms with Crippen LogP contribution in [0.25, 0.3) is 0 Å². The van der Waals surface area contributed by atoms with E-state index in [1.807, 2.05) is 0 Å². The zero-order chi connectivity index (χ0) is 8.39. The van der Waals surface area contributed by atoms with E-state index in [9.17, 15) is 0 Å². The smallest absolute Gasteiger partial charge is 0.228 e. The summed E-state index contributed by atoms with van der Waals surface area (Å²) >= 11 is 1.34. The molecule has 1 unspecified atom stereocenters. The van der Waals surface area contributed by atoms with Crippen LogP contribution in [0.4, 0.5) is 5.13 Å². The maximum Gasteiger partial charge on any atom is 0.228 e. The Labute approximate surface area is 74.7 Å². The average molecular weight is 185 g/mol. The maximum absolute atomic E-state index is 5.62. The molecule has 1 aliphatic heterocycles. The van der Waals surface area contributed by atoms with Crippen LogP contribution < -0.4 is 10.6 Å². The summed E-state index contributed by atoms with van der Waals surface area (Å²) in [5.41, 5.74) is 5.62. The number of anilines is 1. The van der Waals surface area contributed by atoms with Gasteiger partial charge in [-0.15, -0.1) is 0 Å². The average Bonchev–Trinajstić information content (AvgIpc) is 2.74. The molecular weight excluding hydrogens is 174 g/mol. The van der Waals surface area contributed by atoms with Crippen molar-refractivity contribution >= 4 is 16.7 Å². The Morgan fingerprint density at radius 2 is 2.58 bits per heavy atom. The molecule has 1 saturated heterocycles. The predicted molar refractivity (Wildman–Crippen MR) is 47.1 cm³/mol. The van der Waals surface area contributed by atoms with Crippen LogP contribution in [0.15, 0.2) is 0 Å². The zero-order valence-electron chi connectivity index (χ0n) is 6.68. The maximum atomic E-state index is 5.62. The van der Waals surface area contributed by atoms with Gasteiger partial charge in [-0.2, -0.15) is 0 Å². The van der Waals surface area contributed by atoms with Gasteiger partial charge in [0.25, 0.3) is 0 Å². The second-order valence-corrected chi connectivity index (χ2v) is 3.58. The molecule has 66 valence electrons. The van der Waals surface area contributed by atoms with E-state index in [0.717, 1.165) is 18.1 Å². The summed E-state index contributed by atoms with van der Waals surface area (Å²) in [5, 5.41) is 8.40. The van der Waals surface area contributed by atoms with Crippen molar-refractivity contribution in [1.29, 1.82) is 0 Å². The van der Waals surface area contributed by atoms with Gasteiger partial charge < -0.3 is 10.6 Å². The third kappa shape index (κ3) is 1.27. The van der Waals surface area contributed by atoms with Crippen LogP contribution in [0.1, 0.15) is 12.8 Å². The highest BCUT2D eigenvalue weighted by atomic mass is 32.1. The van der Waals surface area contributed by atoms with Crippen LogP contribution in [0.3, 0.4) is 0 Å². The summed E-state index contributed by atoms with van der Waals surface area (Å²) in [6.45, 7) is 1.73. The normalized spacial score (nSPS) is 23.4. The van der Waals surface area contributed by atoms with Crippen molar-refractivity contribution < 1.29 is 0 Å². The Kier molecular flexibility index (Phi) is 2.18. The van der Waals surface area contributed by atoms with Gasteiger partial charge in [0.1, 0.15) is 0 Å². The van der Waals surface area contributed by atoms with Crippen molar-refractivity contribution in [2.75, 3.05) is 18.0 Å². The van der Waals surface area contributed by atoms with Crippen molar-refractivity contribution in [2.45, 2.75) is 18.9 Å². The predicted octanol–water partition coefficient (Wildman–Crippen LogP) is -0.139. The number of nitrogens with two attached hydrogens (primary N) is 1. The number of hydrogen-bond donors (Lipinski definition) is 1. The van der Waals surface area contributed by atoms with E-state index in [1.165, 1.54) is 18.0 Å². The van der Waals surface area contributed by atoms with Gasteiger partial charge in [0.05, 0.1) is 0 Å². The number of rotatable bonds is 2. The molecule has 0 spiro atoms. The standard InChI is InChI=1S/C6H11N5S/c7-4-5-2-1-3-11(5)6-8-9-10-12-6/h5H,1-4,7H2. The van der Waals surface area contributed by atoms with E-state index >= 15 is 0 Å². The minimum absolute atomic E-state index is 0.444. The van der Waals surface area contributed by atoms with E-state index in [0.29, 0.717) is 12.6 Å². The fourth-order valence-corrected chi connectivity index (χ4v) is 2.14. The lowest BCUT2D eigenvalue weighted by Crippen LogP contribution is -2.35. The molecule has 0 aliphatic carbocycles. The first-order valence-corrected chi connectivity index (χ1v) is 4.81. The van der Waals surface area contributed by atoms with E-state index < -0.39 is 0 Å². The van der Waals surface area contributed by atoms with Gasteiger partial charge in [-0.05, 0) is 18.1 Å². The summed E-state index contributed by atoms with van der Waals surface area (Å²) in [6, 6.07) is 0.444. The summed E-state index contributed by atoms with van der Waals surface area (Å²) < 4.78 is 3.73. The highest BCUT2D eigenvalue weighted by Crippen LogP contribution is 2.24. The van der Waals surface area contributed by atoms with E-state index in [-0.39, 0.29) is 0 Å². The van der Waals surface area contributed by atoms with Crippen LogP contribution >= 0.6 is 11.5 Å². The molecule has 2 N–H and O–H groups in total. The molecule has 0 saturated carbocycles. The van der Waals surface area contributed by atoms with Crippen molar-refractivity contribution in [2.24, 2.45) is 5.73 Å². The fraction of sp³-hybridized carbons (Fsp3) is 0.833. The largest absolute Gasteiger partial charge is 0.341 e. The first kappa shape index (κ1) is 7.88. The first-order chi connectivity index (χ1) is 5.92. The van der Waals surface area contributed by atoms with Crippen LogP contribution in [-0.2, 0) is 0 Å². The van der Waals surface area contributed by atoms with Gasteiger partial charge in [-0.1, -0.05) is 9.59 Å². The molecule has 1 atom stereocenters. The van der Waals surface area contributed by atoms with Gasteiger partial charge in [0, 0.05) is 30.7 Å². The van der Waals surface area contributed by atoms with Crippen molar-refractivity contribution in [3.63, 3.8) is 0 Å². The molecule has 1 aliphatic rings. The quantitative estimate of drug-likeness (QED) is 0.694. The van der Waals surface area contributed by atoms with Crippen molar-refractivity contribution in [1.82, 2.24) is 14.8 Å². The van der Waals surface area contributed by atoms with Gasteiger partial charge >= 0.3 is 0 Å². The number of aromatic nitrogens is 3. The zero-order valence-corrected chi connectivity index (χ0v) is 7.50. The van der Waals surface area contributed by atoms with Crippen LogP contribution in [0.5, 0.6) is 0 Å². The van der Waals surface area contributed by atoms with Gasteiger partial charge in [0.15, 0.2) is 0 Å². The Balaban J connectivity index is 2.13. The molecule has 1 aromatic heterocycles. The van der Waals surface area contributed by atoms with E-state index in [4.69, 9.17) is 5.73 Å². The summed E-state index contributed by atoms with van der Waals surface area (Å²) in [4.78, 5) is 2.20. The highest BCUT2D eigenvalue weighted by molar-refractivity contribution is 7.09. The van der Waals surface area contributed by atoms with E-state index in [2.05, 4.69) is 19.7 Å². The minimum atomic E-state index is 0.444. The third-order valence-electron chi connectivity index (χ3n) is 2.18. The lowest BCUT2D eigenvalue weighted by Gasteiger charge is -2.20. The third-order valence-corrected chi connectivity index (χ3v) is 2.82. The second kappa shape index (κ2) is 3.32. The summed E-state index contributed by atoms with van der Waals surface area (Å²) in [6.07, 6.45) is 2.36. The topological polar surface area (TPSA) is 67.9 Å². The Morgan fingerprint density at radius 1 is 1.67 bits per heavy atom. The minimum Gasteiger partial charge on any atom is -0.341 e. The lowest BCUT2D eigenvalue weighted by molar-refractivity contribution is 0.672. The molecule has 2 rings (SSSR count). The molecule has 5 nitrogen and oxygen atoms in total. The fourth-order valence-electron chi connectivity index (χ4n) is 1.57. The molecule has 0 bridgehead atoms. The van der Waals surface area contributed by atoms with Crippen LogP contribution in [-0.4, -0.2) is 33.9 Å². The second-order valence-electron chi connectivity index (χ2n) is 2.87. The lowest BCUT2D eigenvalue weighted by atomic mass is 10.2. The monoisotopic (exact) mass is 185 g/mol. The Morgan fingerprint density at radius 3 is 3.25 bits per heavy atom. The molecule has 0 amide bonds. The van der Waals surface area contributed by atoms with Crippen molar-refractivity contribution in [3.8, 4) is 0 Å². The molecule has 6 heteroatoms. The molecule has 0 radical (unpaired) electrons. The Hall–Kier alpha value is -0.750. The van der Waals surface area contributed by atoms with Crippen molar-refractivity contribution in [3.05, 3.63) is 0 Å². The molecular formula is C6H11N5S. The van der Waals surface area contributed by atoms with Gasteiger partial charge in [0.2, 0.25) is 5.13 Å². The van der Waals surface area contributed by atoms with Crippen LogP contribution in [0.2, 0.25) is 0 Å². The van der Waals surface area contributed by atoms with E-state index in [1.54, 1.807) is 0 Å². The highest BCUT2D eigenvalue weighted by Gasteiger charge is 2.25. The summed E-state index contributed by atoms with van der Waals surface area (Å²) in [5.74, 6) is 0. The Bertz CT molecular complexity index is 236. The molecule has 2 heterocycles. The van der Waals surface area contributed by atoms with Gasteiger partial charge in [-0.3, -0.25) is 0 Å². The molecule has 12 heavy (non-hydrogen) atoms. The first-order valence-electron chi connectivity index (χ1n) is 4.03. The molecule has 0 aromatic carbocycles. The number of hydrogen-bond acceptors (Lipinski definition) is 6. The van der Waals surface area contributed by atoms with Gasteiger partial charge in [-0.25, -0.2) is 0 Å².